The van der Waals surface area contributed by atoms with Crippen LogP contribution in [0.5, 0.6) is 5.75 Å². The second kappa shape index (κ2) is 7.21. The molecule has 0 heterocycles. The molecule has 0 saturated heterocycles. The van der Waals surface area contributed by atoms with E-state index in [0.29, 0.717) is 18.2 Å². The first kappa shape index (κ1) is 14.8. The standard InChI is InChI=1S/C13H17ClFNO2/c1-9(2)5-6-16-13(17)8-18-12-4-3-10(15)7-11(12)14/h3-4,7,9H,5-6,8H2,1-2H3,(H,16,17). The van der Waals surface area contributed by atoms with E-state index in [-0.39, 0.29) is 17.5 Å². The maximum atomic E-state index is 12.8. The predicted molar refractivity (Wildman–Crippen MR) is 69.4 cm³/mol. The molecular weight excluding hydrogens is 257 g/mol. The Balaban J connectivity index is 2.33. The van der Waals surface area contributed by atoms with Crippen LogP contribution in [0.3, 0.4) is 0 Å². The van der Waals surface area contributed by atoms with Gasteiger partial charge >= 0.3 is 0 Å². The number of carbonyl (C=O) groups excluding carboxylic acids is 1. The molecule has 0 fully saturated rings. The largest absolute Gasteiger partial charge is 0.482 e. The van der Waals surface area contributed by atoms with E-state index in [1.54, 1.807) is 0 Å². The summed E-state index contributed by atoms with van der Waals surface area (Å²) in [4.78, 5) is 11.4. The highest BCUT2D eigenvalue weighted by Crippen LogP contribution is 2.24. The normalized spacial score (nSPS) is 10.5. The fourth-order valence-electron chi connectivity index (χ4n) is 1.29. The summed E-state index contributed by atoms with van der Waals surface area (Å²) in [6.07, 6.45) is 0.920. The molecule has 100 valence electrons. The van der Waals surface area contributed by atoms with Crippen molar-refractivity contribution in [2.75, 3.05) is 13.2 Å². The topological polar surface area (TPSA) is 38.3 Å². The van der Waals surface area contributed by atoms with Gasteiger partial charge in [-0.05, 0) is 30.5 Å². The van der Waals surface area contributed by atoms with E-state index in [1.807, 2.05) is 0 Å². The highest BCUT2D eigenvalue weighted by Gasteiger charge is 2.06. The number of ether oxygens (including phenoxy) is 1. The summed E-state index contributed by atoms with van der Waals surface area (Å²) in [7, 11) is 0. The van der Waals surface area contributed by atoms with Gasteiger partial charge in [0.2, 0.25) is 0 Å². The van der Waals surface area contributed by atoms with Crippen LogP contribution in [0.4, 0.5) is 4.39 Å². The third-order valence-corrected chi connectivity index (χ3v) is 2.59. The van der Waals surface area contributed by atoms with Crippen molar-refractivity contribution in [3.05, 3.63) is 29.0 Å². The molecule has 0 aliphatic rings. The maximum absolute atomic E-state index is 12.8. The summed E-state index contributed by atoms with van der Waals surface area (Å²) in [5, 5.41) is 2.89. The Morgan fingerprint density at radius 1 is 1.50 bits per heavy atom. The van der Waals surface area contributed by atoms with Crippen LogP contribution in [0.15, 0.2) is 18.2 Å². The van der Waals surface area contributed by atoms with Crippen molar-refractivity contribution < 1.29 is 13.9 Å². The van der Waals surface area contributed by atoms with Gasteiger partial charge in [0.15, 0.2) is 6.61 Å². The number of hydrogen-bond acceptors (Lipinski definition) is 2. The Kier molecular flexibility index (Phi) is 5.92. The molecule has 5 heteroatoms. The summed E-state index contributed by atoms with van der Waals surface area (Å²) in [5.41, 5.74) is 0. The van der Waals surface area contributed by atoms with Gasteiger partial charge in [-0.1, -0.05) is 25.4 Å². The van der Waals surface area contributed by atoms with E-state index in [9.17, 15) is 9.18 Å². The first-order chi connectivity index (χ1) is 8.49. The van der Waals surface area contributed by atoms with Crippen LogP contribution >= 0.6 is 11.6 Å². The smallest absolute Gasteiger partial charge is 0.257 e. The Morgan fingerprint density at radius 3 is 2.83 bits per heavy atom. The monoisotopic (exact) mass is 273 g/mol. The molecule has 0 bridgehead atoms. The minimum atomic E-state index is -0.436. The molecule has 1 rings (SSSR count). The molecule has 0 radical (unpaired) electrons. The van der Waals surface area contributed by atoms with Gasteiger partial charge in [-0.2, -0.15) is 0 Å². The van der Waals surface area contributed by atoms with Crippen LogP contribution in [0.25, 0.3) is 0 Å². The number of rotatable bonds is 6. The molecule has 0 saturated carbocycles. The third kappa shape index (κ3) is 5.36. The predicted octanol–water partition coefficient (Wildman–Crippen LogP) is 3.02. The van der Waals surface area contributed by atoms with Crippen LogP contribution in [-0.2, 0) is 4.79 Å². The number of benzene rings is 1. The summed E-state index contributed by atoms with van der Waals surface area (Å²) >= 11 is 5.76. The van der Waals surface area contributed by atoms with Crippen LogP contribution in [0, 0.1) is 11.7 Å². The molecule has 0 unspecified atom stereocenters. The molecule has 1 N–H and O–H groups in total. The van der Waals surface area contributed by atoms with E-state index in [0.717, 1.165) is 12.5 Å². The third-order valence-electron chi connectivity index (χ3n) is 2.30. The van der Waals surface area contributed by atoms with Crippen molar-refractivity contribution in [1.82, 2.24) is 5.32 Å². The molecule has 0 aliphatic carbocycles. The van der Waals surface area contributed by atoms with Gasteiger partial charge in [-0.15, -0.1) is 0 Å². The van der Waals surface area contributed by atoms with E-state index in [4.69, 9.17) is 16.3 Å². The number of carbonyl (C=O) groups is 1. The quantitative estimate of drug-likeness (QED) is 0.865. The minimum Gasteiger partial charge on any atom is -0.482 e. The molecule has 0 aliphatic heterocycles. The molecule has 3 nitrogen and oxygen atoms in total. The highest BCUT2D eigenvalue weighted by molar-refractivity contribution is 6.32. The number of halogens is 2. The van der Waals surface area contributed by atoms with Gasteiger partial charge in [0.1, 0.15) is 11.6 Å². The van der Waals surface area contributed by atoms with Crippen molar-refractivity contribution in [3.63, 3.8) is 0 Å². The van der Waals surface area contributed by atoms with Gasteiger partial charge in [-0.3, -0.25) is 4.79 Å². The lowest BCUT2D eigenvalue weighted by Crippen LogP contribution is -2.30. The second-order valence-corrected chi connectivity index (χ2v) is 4.80. The fourth-order valence-corrected chi connectivity index (χ4v) is 1.51. The first-order valence-corrected chi connectivity index (χ1v) is 6.21. The van der Waals surface area contributed by atoms with Gasteiger partial charge in [0, 0.05) is 6.54 Å². The lowest BCUT2D eigenvalue weighted by Gasteiger charge is -2.09. The Morgan fingerprint density at radius 2 is 2.22 bits per heavy atom. The average Bonchev–Trinajstić information content (AvgIpc) is 2.27. The van der Waals surface area contributed by atoms with Crippen LogP contribution in [0.1, 0.15) is 20.3 Å². The van der Waals surface area contributed by atoms with E-state index in [2.05, 4.69) is 19.2 Å². The lowest BCUT2D eigenvalue weighted by atomic mass is 10.1. The van der Waals surface area contributed by atoms with Gasteiger partial charge in [-0.25, -0.2) is 4.39 Å². The SMILES string of the molecule is CC(C)CCNC(=O)COc1ccc(F)cc1Cl. The molecule has 0 aromatic heterocycles. The van der Waals surface area contributed by atoms with E-state index < -0.39 is 5.82 Å². The molecule has 1 aromatic carbocycles. The molecule has 1 aromatic rings. The summed E-state index contributed by atoms with van der Waals surface area (Å²) in [5.74, 6) is 0.194. The van der Waals surface area contributed by atoms with Crippen molar-refractivity contribution in [2.24, 2.45) is 5.92 Å². The van der Waals surface area contributed by atoms with Gasteiger partial charge in [0.05, 0.1) is 5.02 Å². The fraction of sp³-hybridized carbons (Fsp3) is 0.462. The van der Waals surface area contributed by atoms with Gasteiger partial charge in [0.25, 0.3) is 5.91 Å². The average molecular weight is 274 g/mol. The van der Waals surface area contributed by atoms with Crippen molar-refractivity contribution in [2.45, 2.75) is 20.3 Å². The van der Waals surface area contributed by atoms with Gasteiger partial charge < -0.3 is 10.1 Å². The number of amides is 1. The Bertz CT molecular complexity index is 410. The van der Waals surface area contributed by atoms with Crippen LogP contribution in [-0.4, -0.2) is 19.1 Å². The molecule has 1 amide bonds. The highest BCUT2D eigenvalue weighted by atomic mass is 35.5. The van der Waals surface area contributed by atoms with Crippen molar-refractivity contribution >= 4 is 17.5 Å². The zero-order valence-electron chi connectivity index (χ0n) is 10.5. The van der Waals surface area contributed by atoms with Crippen molar-refractivity contribution in [3.8, 4) is 5.75 Å². The summed E-state index contributed by atoms with van der Waals surface area (Å²) in [6.45, 7) is 4.67. The second-order valence-electron chi connectivity index (χ2n) is 4.40. The molecular formula is C13H17ClFNO2. The molecule has 18 heavy (non-hydrogen) atoms. The minimum absolute atomic E-state index is 0.122. The van der Waals surface area contributed by atoms with Crippen LogP contribution in [0.2, 0.25) is 5.02 Å². The maximum Gasteiger partial charge on any atom is 0.257 e. The zero-order chi connectivity index (χ0) is 13.5. The number of nitrogens with one attached hydrogen (secondary N) is 1. The zero-order valence-corrected chi connectivity index (χ0v) is 11.3. The van der Waals surface area contributed by atoms with E-state index >= 15 is 0 Å². The molecule has 0 atom stereocenters. The Hall–Kier alpha value is -1.29. The molecule has 0 spiro atoms. The van der Waals surface area contributed by atoms with Crippen LogP contribution < -0.4 is 10.1 Å². The first-order valence-electron chi connectivity index (χ1n) is 5.83. The number of hydrogen-bond donors (Lipinski definition) is 1. The van der Waals surface area contributed by atoms with E-state index in [1.165, 1.54) is 12.1 Å². The van der Waals surface area contributed by atoms with Crippen molar-refractivity contribution in [1.29, 1.82) is 0 Å². The Labute approximate surface area is 111 Å². The summed E-state index contributed by atoms with van der Waals surface area (Å²) < 4.78 is 18.0. The summed E-state index contributed by atoms with van der Waals surface area (Å²) in [6, 6.07) is 3.78. The lowest BCUT2D eigenvalue weighted by molar-refractivity contribution is -0.123.